The molecule has 0 aliphatic heterocycles. The van der Waals surface area contributed by atoms with Gasteiger partial charge in [-0.3, -0.25) is 9.59 Å². The molecule has 0 saturated heterocycles. The first-order chi connectivity index (χ1) is 27.6. The summed E-state index contributed by atoms with van der Waals surface area (Å²) in [6, 6.07) is -0.725. The molecule has 0 bridgehead atoms. The van der Waals surface area contributed by atoms with Crippen LogP contribution in [0, 0.1) is 0 Å². The number of ether oxygens (including phenoxy) is 3. The molecule has 0 rings (SSSR count). The van der Waals surface area contributed by atoms with Gasteiger partial charge in [-0.05, 0) is 64.2 Å². The Bertz CT molecular complexity index is 989. The lowest BCUT2D eigenvalue weighted by molar-refractivity contribution is -0.889. The van der Waals surface area contributed by atoms with E-state index in [1.54, 1.807) is 21.1 Å². The number of esters is 2. The minimum absolute atomic E-state index is 0.0393. The van der Waals surface area contributed by atoms with Gasteiger partial charge in [0.25, 0.3) is 0 Å². The average molecular weight is 806 g/mol. The molecule has 2 atom stereocenters. The van der Waals surface area contributed by atoms with Crippen molar-refractivity contribution in [3.05, 3.63) is 24.3 Å². The lowest BCUT2D eigenvalue weighted by Gasteiger charge is -2.34. The zero-order chi connectivity index (χ0) is 42.1. The summed E-state index contributed by atoms with van der Waals surface area (Å²) in [6.45, 7) is 4.66. The first-order valence-corrected chi connectivity index (χ1v) is 23.9. The molecule has 0 radical (unpaired) electrons. The van der Waals surface area contributed by atoms with Gasteiger partial charge in [0.2, 0.25) is 0 Å². The Balaban J connectivity index is 4.30. The minimum Gasteiger partial charge on any atom is -0.544 e. The van der Waals surface area contributed by atoms with Crippen LogP contribution in [0.2, 0.25) is 0 Å². The van der Waals surface area contributed by atoms with Crippen LogP contribution in [0.1, 0.15) is 219 Å². The topological polar surface area (TPSA) is 102 Å². The second-order valence-corrected chi connectivity index (χ2v) is 17.3. The highest BCUT2D eigenvalue weighted by Crippen LogP contribution is 2.14. The Hall–Kier alpha value is -2.19. The highest BCUT2D eigenvalue weighted by Gasteiger charge is 2.25. The first-order valence-electron chi connectivity index (χ1n) is 23.9. The van der Waals surface area contributed by atoms with Crippen molar-refractivity contribution in [2.24, 2.45) is 0 Å². The summed E-state index contributed by atoms with van der Waals surface area (Å²) in [5.41, 5.74) is 0. The van der Waals surface area contributed by atoms with Gasteiger partial charge < -0.3 is 28.6 Å². The molecule has 0 saturated carbocycles. The van der Waals surface area contributed by atoms with E-state index in [1.807, 2.05) is 0 Å². The van der Waals surface area contributed by atoms with Crippen LogP contribution in [0.15, 0.2) is 24.3 Å². The van der Waals surface area contributed by atoms with Crippen LogP contribution in [0.3, 0.4) is 0 Å². The molecule has 0 heterocycles. The molecule has 0 aliphatic rings. The number of carbonyl (C=O) groups excluding carboxylic acids is 3. The van der Waals surface area contributed by atoms with E-state index in [0.29, 0.717) is 12.8 Å². The van der Waals surface area contributed by atoms with Crippen molar-refractivity contribution in [3.8, 4) is 0 Å². The lowest BCUT2D eigenvalue weighted by atomic mass is 10.1. The average Bonchev–Trinajstić information content (AvgIpc) is 3.17. The number of allylic oxidation sites excluding steroid dienone is 4. The Morgan fingerprint density at radius 2 is 0.877 bits per heavy atom. The molecule has 2 unspecified atom stereocenters. The predicted octanol–water partition coefficient (Wildman–Crippen LogP) is 11.9. The van der Waals surface area contributed by atoms with Crippen LogP contribution in [0.5, 0.6) is 0 Å². The molecule has 8 nitrogen and oxygen atoms in total. The standard InChI is InChI=1S/C49H91NO7/c1-6-8-10-12-14-16-18-20-22-23-24-26-28-30-32-34-36-38-40-48(52)57-45(43-55-42-41-46(49(53)54)50(3,4)5)44-56-47(51)39-37-35-33-31-29-27-25-21-19-17-15-13-11-9-7-2/h21-23,25,45-46H,6-20,24,26-44H2,1-5H3/b23-22-,25-21-. The summed E-state index contributed by atoms with van der Waals surface area (Å²) >= 11 is 0. The highest BCUT2D eigenvalue weighted by atomic mass is 16.6. The molecule has 0 aliphatic carbocycles. The van der Waals surface area contributed by atoms with Gasteiger partial charge in [-0.2, -0.15) is 0 Å². The number of hydrogen-bond acceptors (Lipinski definition) is 7. The van der Waals surface area contributed by atoms with E-state index in [1.165, 1.54) is 135 Å². The van der Waals surface area contributed by atoms with E-state index < -0.39 is 18.1 Å². The number of carbonyl (C=O) groups is 3. The quantitative estimate of drug-likeness (QED) is 0.0262. The summed E-state index contributed by atoms with van der Waals surface area (Å²) in [5.74, 6) is -1.74. The van der Waals surface area contributed by atoms with E-state index in [4.69, 9.17) is 14.2 Å². The van der Waals surface area contributed by atoms with Gasteiger partial charge in [0.05, 0.1) is 40.3 Å². The zero-order valence-electron chi connectivity index (χ0n) is 38.0. The number of nitrogens with zero attached hydrogens (tertiary/aromatic N) is 1. The Morgan fingerprint density at radius 3 is 1.26 bits per heavy atom. The Labute approximate surface area is 351 Å². The van der Waals surface area contributed by atoms with Crippen LogP contribution in [-0.2, 0) is 28.6 Å². The third kappa shape index (κ3) is 39.1. The molecule has 0 aromatic carbocycles. The molecule has 0 aromatic rings. The fourth-order valence-corrected chi connectivity index (χ4v) is 7.06. The summed E-state index contributed by atoms with van der Waals surface area (Å²) in [5, 5.41) is 11.6. The van der Waals surface area contributed by atoms with Gasteiger partial charge in [0.15, 0.2) is 6.10 Å². The number of carboxylic acids is 1. The second kappa shape index (κ2) is 40.6. The number of rotatable bonds is 43. The van der Waals surface area contributed by atoms with E-state index in [9.17, 15) is 19.5 Å². The van der Waals surface area contributed by atoms with Crippen LogP contribution in [-0.4, -0.2) is 75.5 Å². The third-order valence-corrected chi connectivity index (χ3v) is 10.8. The van der Waals surface area contributed by atoms with Crippen LogP contribution in [0.4, 0.5) is 0 Å². The van der Waals surface area contributed by atoms with Gasteiger partial charge in [-0.15, -0.1) is 0 Å². The predicted molar refractivity (Wildman–Crippen MR) is 236 cm³/mol. The van der Waals surface area contributed by atoms with E-state index >= 15 is 0 Å². The normalized spacial score (nSPS) is 13.1. The zero-order valence-corrected chi connectivity index (χ0v) is 38.0. The summed E-state index contributed by atoms with van der Waals surface area (Å²) in [4.78, 5) is 36.9. The maximum absolute atomic E-state index is 12.7. The van der Waals surface area contributed by atoms with Gasteiger partial charge in [0.1, 0.15) is 12.6 Å². The van der Waals surface area contributed by atoms with Gasteiger partial charge in [-0.25, -0.2) is 0 Å². The largest absolute Gasteiger partial charge is 0.544 e. The van der Waals surface area contributed by atoms with Crippen molar-refractivity contribution >= 4 is 17.9 Å². The van der Waals surface area contributed by atoms with E-state index in [0.717, 1.165) is 51.4 Å². The van der Waals surface area contributed by atoms with E-state index in [-0.39, 0.29) is 42.7 Å². The third-order valence-electron chi connectivity index (χ3n) is 10.8. The van der Waals surface area contributed by atoms with Gasteiger partial charge in [0, 0.05) is 19.3 Å². The molecule has 0 fully saturated rings. The molecule has 0 N–H and O–H groups in total. The fourth-order valence-electron chi connectivity index (χ4n) is 7.06. The first kappa shape index (κ1) is 54.8. The fraction of sp³-hybridized carbons (Fsp3) is 0.857. The number of carboxylic acid groups (broad SMARTS) is 1. The highest BCUT2D eigenvalue weighted by molar-refractivity contribution is 5.70. The molecule has 0 aromatic heterocycles. The molecule has 8 heteroatoms. The SMILES string of the molecule is CCCCCCCC/C=C\CCCCCCCC(=O)OCC(COCCC(C(=O)[O-])[N+](C)(C)C)OC(=O)CCCCCCCCC/C=C\CCCCCCCCC. The number of hydrogen-bond donors (Lipinski definition) is 0. The van der Waals surface area contributed by atoms with Crippen molar-refractivity contribution in [1.82, 2.24) is 0 Å². The van der Waals surface area contributed by atoms with Gasteiger partial charge >= 0.3 is 11.9 Å². The summed E-state index contributed by atoms with van der Waals surface area (Å²) < 4.78 is 17.2. The minimum atomic E-state index is -1.12. The maximum Gasteiger partial charge on any atom is 0.306 e. The molecule has 334 valence electrons. The van der Waals surface area contributed by atoms with Crippen molar-refractivity contribution in [1.29, 1.82) is 0 Å². The van der Waals surface area contributed by atoms with Crippen LogP contribution in [0.25, 0.3) is 0 Å². The molecule has 0 spiro atoms. The van der Waals surface area contributed by atoms with Crippen LogP contribution >= 0.6 is 0 Å². The number of quaternary nitrogens is 1. The lowest BCUT2D eigenvalue weighted by Crippen LogP contribution is -2.55. The Morgan fingerprint density at radius 1 is 0.509 bits per heavy atom. The Kier molecular flexibility index (Phi) is 39.0. The van der Waals surface area contributed by atoms with Crippen LogP contribution < -0.4 is 5.11 Å². The molecule has 0 amide bonds. The second-order valence-electron chi connectivity index (χ2n) is 17.3. The van der Waals surface area contributed by atoms with Gasteiger partial charge in [-0.1, -0.05) is 160 Å². The maximum atomic E-state index is 12.7. The molecular formula is C49H91NO7. The number of likely N-dealkylation sites (N-methyl/N-ethyl adjacent to an activating group) is 1. The monoisotopic (exact) mass is 806 g/mol. The van der Waals surface area contributed by atoms with E-state index in [2.05, 4.69) is 38.2 Å². The van der Waals surface area contributed by atoms with Crippen molar-refractivity contribution < 1.29 is 38.2 Å². The van der Waals surface area contributed by atoms with Crippen molar-refractivity contribution in [2.45, 2.75) is 231 Å². The summed E-state index contributed by atoms with van der Waals surface area (Å²) in [6.07, 6.45) is 44.8. The summed E-state index contributed by atoms with van der Waals surface area (Å²) in [7, 11) is 5.41. The molecule has 57 heavy (non-hydrogen) atoms. The number of unbranched alkanes of at least 4 members (excludes halogenated alkanes) is 25. The van der Waals surface area contributed by atoms with Crippen molar-refractivity contribution in [3.63, 3.8) is 0 Å². The molecular weight excluding hydrogens is 715 g/mol. The smallest absolute Gasteiger partial charge is 0.306 e. The van der Waals surface area contributed by atoms with Crippen molar-refractivity contribution in [2.75, 3.05) is 41.0 Å². The number of aliphatic carboxylic acids is 1.